The summed E-state index contributed by atoms with van der Waals surface area (Å²) >= 11 is 0. The van der Waals surface area contributed by atoms with Crippen molar-refractivity contribution in [2.75, 3.05) is 19.6 Å². The zero-order chi connectivity index (χ0) is 18.0. The molecular weight excluding hydrogens is 343 g/mol. The number of benzene rings is 1. The first-order valence-corrected chi connectivity index (χ1v) is 10.4. The van der Waals surface area contributed by atoms with Gasteiger partial charge in [0.25, 0.3) is 0 Å². The van der Waals surface area contributed by atoms with Crippen LogP contribution in [-0.2, 0) is 14.8 Å². The maximum atomic E-state index is 13.6. The minimum Gasteiger partial charge on any atom is -0.343 e. The number of aryl methyl sites for hydroxylation is 1. The van der Waals surface area contributed by atoms with E-state index in [0.717, 1.165) is 38.3 Å². The van der Waals surface area contributed by atoms with Gasteiger partial charge in [-0.1, -0.05) is 12.5 Å². The molecule has 5 nitrogen and oxygen atoms in total. The van der Waals surface area contributed by atoms with Gasteiger partial charge in [-0.2, -0.15) is 4.31 Å². The Balaban J connectivity index is 1.79. The van der Waals surface area contributed by atoms with E-state index in [1.807, 2.05) is 4.90 Å². The zero-order valence-electron chi connectivity index (χ0n) is 14.6. The number of nitrogens with zero attached hydrogens (tertiary/aromatic N) is 2. The molecule has 25 heavy (non-hydrogen) atoms. The van der Waals surface area contributed by atoms with Crippen molar-refractivity contribution in [2.24, 2.45) is 0 Å². The molecule has 2 heterocycles. The van der Waals surface area contributed by atoms with Crippen molar-refractivity contribution in [1.82, 2.24) is 9.21 Å². The molecular formula is C18H25FN2O3S. The second-order valence-corrected chi connectivity index (χ2v) is 8.81. The lowest BCUT2D eigenvalue weighted by molar-refractivity contribution is -0.127. The van der Waals surface area contributed by atoms with E-state index in [2.05, 4.69) is 0 Å². The Hall–Kier alpha value is -1.47. The van der Waals surface area contributed by atoms with E-state index in [0.29, 0.717) is 31.5 Å². The lowest BCUT2D eigenvalue weighted by Gasteiger charge is -2.35. The first-order valence-electron chi connectivity index (χ1n) is 8.95. The highest BCUT2D eigenvalue weighted by Gasteiger charge is 2.35. The van der Waals surface area contributed by atoms with Gasteiger partial charge in [0.05, 0.1) is 4.90 Å². The van der Waals surface area contributed by atoms with E-state index in [1.54, 1.807) is 6.92 Å². The highest BCUT2D eigenvalue weighted by atomic mass is 32.2. The summed E-state index contributed by atoms with van der Waals surface area (Å²) in [4.78, 5) is 13.7. The number of carbonyl (C=O) groups is 1. The van der Waals surface area contributed by atoms with E-state index in [1.165, 1.54) is 16.4 Å². The van der Waals surface area contributed by atoms with Crippen LogP contribution in [-0.4, -0.2) is 49.2 Å². The molecule has 3 rings (SSSR count). The second-order valence-electron chi connectivity index (χ2n) is 6.95. The smallest absolute Gasteiger partial charge is 0.243 e. The monoisotopic (exact) mass is 368 g/mol. The summed E-state index contributed by atoms with van der Waals surface area (Å²) in [6.45, 7) is 3.50. The Labute approximate surface area is 148 Å². The Morgan fingerprint density at radius 2 is 2.00 bits per heavy atom. The molecule has 2 aliphatic heterocycles. The predicted molar refractivity (Wildman–Crippen MR) is 93.1 cm³/mol. The van der Waals surface area contributed by atoms with Crippen LogP contribution in [0.15, 0.2) is 23.1 Å². The van der Waals surface area contributed by atoms with Gasteiger partial charge in [0.1, 0.15) is 5.82 Å². The van der Waals surface area contributed by atoms with Gasteiger partial charge in [-0.05, 0) is 50.3 Å². The molecule has 1 aromatic carbocycles. The first-order chi connectivity index (χ1) is 11.9. The molecule has 0 spiro atoms. The van der Waals surface area contributed by atoms with Crippen molar-refractivity contribution in [3.8, 4) is 0 Å². The number of carbonyl (C=O) groups excluding carboxylic acids is 1. The van der Waals surface area contributed by atoms with Gasteiger partial charge in [-0.15, -0.1) is 0 Å². The topological polar surface area (TPSA) is 57.7 Å². The zero-order valence-corrected chi connectivity index (χ0v) is 15.4. The summed E-state index contributed by atoms with van der Waals surface area (Å²) in [6, 6.07) is 3.76. The van der Waals surface area contributed by atoms with Gasteiger partial charge >= 0.3 is 0 Å². The fourth-order valence-corrected chi connectivity index (χ4v) is 5.76. The van der Waals surface area contributed by atoms with Crippen LogP contribution in [0.1, 0.15) is 44.1 Å². The number of hydrogen-bond donors (Lipinski definition) is 0. The van der Waals surface area contributed by atoms with Crippen LogP contribution in [0.5, 0.6) is 0 Å². The average Bonchev–Trinajstić information content (AvgIpc) is 3.00. The van der Waals surface area contributed by atoms with Crippen LogP contribution in [0, 0.1) is 12.7 Å². The van der Waals surface area contributed by atoms with Crippen LogP contribution in [0.4, 0.5) is 4.39 Å². The second kappa shape index (κ2) is 7.41. The quantitative estimate of drug-likeness (QED) is 0.803. The highest BCUT2D eigenvalue weighted by Crippen LogP contribution is 2.29. The Kier molecular flexibility index (Phi) is 5.43. The number of halogens is 1. The summed E-state index contributed by atoms with van der Waals surface area (Å²) in [7, 11) is -3.73. The summed E-state index contributed by atoms with van der Waals surface area (Å²) in [5.74, 6) is -0.383. The Morgan fingerprint density at radius 3 is 2.72 bits per heavy atom. The maximum Gasteiger partial charge on any atom is 0.243 e. The molecule has 138 valence electrons. The SMILES string of the molecule is Cc1ccc(F)cc1S(=O)(=O)N1CCCCC1CCN1CCCC1=O. The number of likely N-dealkylation sites (tertiary alicyclic amines) is 1. The van der Waals surface area contributed by atoms with Crippen LogP contribution in [0.2, 0.25) is 0 Å². The van der Waals surface area contributed by atoms with Crippen molar-refractivity contribution >= 4 is 15.9 Å². The van der Waals surface area contributed by atoms with Gasteiger partial charge in [-0.3, -0.25) is 4.79 Å². The third-order valence-electron chi connectivity index (χ3n) is 5.21. The van der Waals surface area contributed by atoms with E-state index >= 15 is 0 Å². The van der Waals surface area contributed by atoms with Gasteiger partial charge in [0.15, 0.2) is 0 Å². The number of hydrogen-bond acceptors (Lipinski definition) is 3. The van der Waals surface area contributed by atoms with Crippen LogP contribution >= 0.6 is 0 Å². The van der Waals surface area contributed by atoms with Crippen LogP contribution < -0.4 is 0 Å². The molecule has 0 N–H and O–H groups in total. The van der Waals surface area contributed by atoms with Gasteiger partial charge in [0, 0.05) is 32.1 Å². The van der Waals surface area contributed by atoms with E-state index in [-0.39, 0.29) is 16.8 Å². The third kappa shape index (κ3) is 3.87. The standard InChI is InChI=1S/C18H25FN2O3S/c1-14-7-8-15(19)13-17(14)25(23,24)21-11-3-2-5-16(21)9-12-20-10-4-6-18(20)22/h7-8,13,16H,2-6,9-12H2,1H3. The maximum absolute atomic E-state index is 13.6. The van der Waals surface area contributed by atoms with E-state index in [9.17, 15) is 17.6 Å². The summed E-state index contributed by atoms with van der Waals surface area (Å²) in [5, 5.41) is 0. The predicted octanol–water partition coefficient (Wildman–Crippen LogP) is 2.69. The number of piperidine rings is 1. The number of amides is 1. The van der Waals surface area contributed by atoms with Crippen molar-refractivity contribution in [2.45, 2.75) is 56.4 Å². The number of sulfonamides is 1. The van der Waals surface area contributed by atoms with E-state index < -0.39 is 15.8 Å². The molecule has 0 bridgehead atoms. The fourth-order valence-electron chi connectivity index (χ4n) is 3.80. The summed E-state index contributed by atoms with van der Waals surface area (Å²) in [5.41, 5.74) is 0.556. The van der Waals surface area contributed by atoms with Gasteiger partial charge in [-0.25, -0.2) is 12.8 Å². The van der Waals surface area contributed by atoms with Crippen LogP contribution in [0.25, 0.3) is 0 Å². The van der Waals surface area contributed by atoms with Crippen molar-refractivity contribution in [1.29, 1.82) is 0 Å². The molecule has 2 aliphatic rings. The molecule has 2 fully saturated rings. The molecule has 1 atom stereocenters. The molecule has 7 heteroatoms. The average molecular weight is 368 g/mol. The first kappa shape index (κ1) is 18.3. The summed E-state index contributed by atoms with van der Waals surface area (Å²) in [6.07, 6.45) is 4.69. The molecule has 0 aliphatic carbocycles. The molecule has 0 saturated carbocycles. The van der Waals surface area contributed by atoms with Gasteiger partial charge in [0.2, 0.25) is 15.9 Å². The van der Waals surface area contributed by atoms with Crippen molar-refractivity contribution < 1.29 is 17.6 Å². The molecule has 1 unspecified atom stereocenters. The molecule has 2 saturated heterocycles. The minimum absolute atomic E-state index is 0.0525. The van der Waals surface area contributed by atoms with Crippen molar-refractivity contribution in [3.05, 3.63) is 29.6 Å². The van der Waals surface area contributed by atoms with Gasteiger partial charge < -0.3 is 4.90 Å². The highest BCUT2D eigenvalue weighted by molar-refractivity contribution is 7.89. The normalized spacial score (nSPS) is 22.6. The van der Waals surface area contributed by atoms with Crippen LogP contribution in [0.3, 0.4) is 0 Å². The lowest BCUT2D eigenvalue weighted by atomic mass is 10.0. The molecule has 0 radical (unpaired) electrons. The number of rotatable bonds is 5. The Morgan fingerprint density at radius 1 is 1.20 bits per heavy atom. The van der Waals surface area contributed by atoms with Crippen molar-refractivity contribution in [3.63, 3.8) is 0 Å². The molecule has 1 amide bonds. The molecule has 0 aromatic heterocycles. The largest absolute Gasteiger partial charge is 0.343 e. The Bertz CT molecular complexity index is 751. The minimum atomic E-state index is -3.73. The lowest BCUT2D eigenvalue weighted by Crippen LogP contribution is -2.45. The third-order valence-corrected chi connectivity index (χ3v) is 7.31. The molecule has 1 aromatic rings. The summed E-state index contributed by atoms with van der Waals surface area (Å²) < 4.78 is 41.4. The van der Waals surface area contributed by atoms with E-state index in [4.69, 9.17) is 0 Å². The fraction of sp³-hybridized carbons (Fsp3) is 0.611.